The molecule has 1 aromatic carbocycles. The molecule has 1 aliphatic rings. The van der Waals surface area contributed by atoms with Crippen molar-refractivity contribution in [3.8, 4) is 5.69 Å². The molecule has 2 aromatic rings. The summed E-state index contributed by atoms with van der Waals surface area (Å²) in [6.45, 7) is 4.98. The SMILES string of the molecule is CC[C@H]1CCCCN1c1nn(-c2ccc(C)cc2)nc1C(=O)O. The summed E-state index contributed by atoms with van der Waals surface area (Å²) in [5.74, 6) is -0.539. The summed E-state index contributed by atoms with van der Waals surface area (Å²) in [6, 6.07) is 8.07. The minimum atomic E-state index is -1.03. The molecule has 3 rings (SSSR count). The Morgan fingerprint density at radius 3 is 2.65 bits per heavy atom. The van der Waals surface area contributed by atoms with E-state index in [4.69, 9.17) is 0 Å². The van der Waals surface area contributed by atoms with Crippen LogP contribution in [0.1, 0.15) is 48.7 Å². The second-order valence-corrected chi connectivity index (χ2v) is 6.05. The van der Waals surface area contributed by atoms with Crippen LogP contribution in [0.25, 0.3) is 5.69 Å². The third-order valence-electron chi connectivity index (χ3n) is 4.43. The van der Waals surface area contributed by atoms with Crippen molar-refractivity contribution in [1.29, 1.82) is 0 Å². The predicted molar refractivity (Wildman–Crippen MR) is 88.3 cm³/mol. The molecule has 122 valence electrons. The molecule has 6 heteroatoms. The van der Waals surface area contributed by atoms with Gasteiger partial charge in [0.1, 0.15) is 0 Å². The van der Waals surface area contributed by atoms with Crippen LogP contribution in [0.5, 0.6) is 0 Å². The summed E-state index contributed by atoms with van der Waals surface area (Å²) in [4.78, 5) is 15.2. The van der Waals surface area contributed by atoms with Crippen LogP contribution < -0.4 is 4.90 Å². The van der Waals surface area contributed by atoms with Crippen molar-refractivity contribution in [2.24, 2.45) is 0 Å². The van der Waals surface area contributed by atoms with Crippen molar-refractivity contribution in [3.63, 3.8) is 0 Å². The molecule has 0 radical (unpaired) electrons. The Morgan fingerprint density at radius 2 is 2.00 bits per heavy atom. The fraction of sp³-hybridized carbons (Fsp3) is 0.471. The summed E-state index contributed by atoms with van der Waals surface area (Å²) in [5.41, 5.74) is 1.95. The van der Waals surface area contributed by atoms with Crippen LogP contribution in [0, 0.1) is 6.92 Å². The molecule has 1 atom stereocenters. The number of anilines is 1. The molecule has 6 nitrogen and oxygen atoms in total. The number of hydrogen-bond donors (Lipinski definition) is 1. The van der Waals surface area contributed by atoms with Crippen LogP contribution in [-0.2, 0) is 0 Å². The molecule has 1 aromatic heterocycles. The van der Waals surface area contributed by atoms with E-state index in [0.29, 0.717) is 11.9 Å². The number of carboxylic acids is 1. The van der Waals surface area contributed by atoms with Gasteiger partial charge in [0.25, 0.3) is 0 Å². The second-order valence-electron chi connectivity index (χ2n) is 6.05. The fourth-order valence-electron chi connectivity index (χ4n) is 3.13. The lowest BCUT2D eigenvalue weighted by Crippen LogP contribution is -2.40. The van der Waals surface area contributed by atoms with E-state index in [0.717, 1.165) is 37.1 Å². The average molecular weight is 314 g/mol. The van der Waals surface area contributed by atoms with Gasteiger partial charge in [-0.15, -0.1) is 15.0 Å². The monoisotopic (exact) mass is 314 g/mol. The number of nitrogens with zero attached hydrogens (tertiary/aromatic N) is 4. The van der Waals surface area contributed by atoms with E-state index >= 15 is 0 Å². The van der Waals surface area contributed by atoms with Crippen molar-refractivity contribution in [3.05, 3.63) is 35.5 Å². The normalized spacial score (nSPS) is 18.2. The number of aromatic carboxylic acids is 1. The van der Waals surface area contributed by atoms with E-state index in [2.05, 4.69) is 22.0 Å². The molecule has 1 saturated heterocycles. The van der Waals surface area contributed by atoms with Gasteiger partial charge in [-0.3, -0.25) is 0 Å². The van der Waals surface area contributed by atoms with Gasteiger partial charge in [0.05, 0.1) is 5.69 Å². The Kier molecular flexibility index (Phi) is 4.32. The summed E-state index contributed by atoms with van der Waals surface area (Å²) in [6.07, 6.45) is 4.31. The van der Waals surface area contributed by atoms with Gasteiger partial charge in [-0.2, -0.15) is 0 Å². The summed E-state index contributed by atoms with van der Waals surface area (Å²) in [7, 11) is 0. The molecule has 0 saturated carbocycles. The number of carboxylic acid groups (broad SMARTS) is 1. The first-order chi connectivity index (χ1) is 11.1. The minimum absolute atomic E-state index is 0.0333. The first-order valence-corrected chi connectivity index (χ1v) is 8.14. The predicted octanol–water partition coefficient (Wildman–Crippen LogP) is 3.04. The fourth-order valence-corrected chi connectivity index (χ4v) is 3.13. The number of rotatable bonds is 4. The maximum atomic E-state index is 11.6. The quantitative estimate of drug-likeness (QED) is 0.939. The maximum absolute atomic E-state index is 11.6. The summed E-state index contributed by atoms with van der Waals surface area (Å²) >= 11 is 0. The van der Waals surface area contributed by atoms with Crippen LogP contribution in [0.2, 0.25) is 0 Å². The molecule has 1 aliphatic heterocycles. The van der Waals surface area contributed by atoms with E-state index in [1.54, 1.807) is 0 Å². The van der Waals surface area contributed by atoms with Crippen molar-refractivity contribution in [1.82, 2.24) is 15.0 Å². The zero-order valence-corrected chi connectivity index (χ0v) is 13.6. The molecular weight excluding hydrogens is 292 g/mol. The largest absolute Gasteiger partial charge is 0.476 e. The Morgan fingerprint density at radius 1 is 1.26 bits per heavy atom. The topological polar surface area (TPSA) is 71.2 Å². The van der Waals surface area contributed by atoms with E-state index in [1.807, 2.05) is 31.2 Å². The Bertz CT molecular complexity index is 693. The van der Waals surface area contributed by atoms with Gasteiger partial charge in [0.2, 0.25) is 5.69 Å². The van der Waals surface area contributed by atoms with Crippen molar-refractivity contribution in [2.75, 3.05) is 11.4 Å². The highest BCUT2D eigenvalue weighted by Crippen LogP contribution is 2.27. The van der Waals surface area contributed by atoms with Gasteiger partial charge < -0.3 is 10.0 Å². The van der Waals surface area contributed by atoms with Crippen molar-refractivity contribution in [2.45, 2.75) is 45.6 Å². The molecule has 0 amide bonds. The molecule has 1 N–H and O–H groups in total. The lowest BCUT2D eigenvalue weighted by Gasteiger charge is -2.35. The van der Waals surface area contributed by atoms with Gasteiger partial charge in [-0.05, 0) is 44.7 Å². The Hall–Kier alpha value is -2.37. The van der Waals surface area contributed by atoms with Crippen molar-refractivity contribution < 1.29 is 9.90 Å². The number of benzene rings is 1. The van der Waals surface area contributed by atoms with Gasteiger partial charge in [-0.25, -0.2) is 4.79 Å². The van der Waals surface area contributed by atoms with Gasteiger partial charge in [-0.1, -0.05) is 24.6 Å². The standard InChI is InChI=1S/C17H22N4O2/c1-3-13-6-4-5-11-20(13)16-15(17(22)23)18-21(19-16)14-9-7-12(2)8-10-14/h7-10,13H,3-6,11H2,1-2H3,(H,22,23)/t13-/m0/s1. The number of aryl methyl sites for hydroxylation is 1. The lowest BCUT2D eigenvalue weighted by molar-refractivity contribution is 0.0690. The highest BCUT2D eigenvalue weighted by atomic mass is 16.4. The van der Waals surface area contributed by atoms with Crippen LogP contribution in [-0.4, -0.2) is 38.7 Å². The molecule has 2 heterocycles. The van der Waals surface area contributed by atoms with Crippen LogP contribution in [0.4, 0.5) is 5.82 Å². The molecular formula is C17H22N4O2. The summed E-state index contributed by atoms with van der Waals surface area (Å²) in [5, 5.41) is 18.2. The van der Waals surface area contributed by atoms with Crippen LogP contribution in [0.3, 0.4) is 0 Å². The third kappa shape index (κ3) is 3.06. The molecule has 0 spiro atoms. The number of piperidine rings is 1. The number of carbonyl (C=O) groups is 1. The van der Waals surface area contributed by atoms with E-state index in [9.17, 15) is 9.90 Å². The van der Waals surface area contributed by atoms with Gasteiger partial charge in [0, 0.05) is 12.6 Å². The number of aromatic nitrogens is 3. The molecule has 1 fully saturated rings. The molecule has 23 heavy (non-hydrogen) atoms. The minimum Gasteiger partial charge on any atom is -0.476 e. The lowest BCUT2D eigenvalue weighted by atomic mass is 10.00. The Balaban J connectivity index is 2.02. The number of hydrogen-bond acceptors (Lipinski definition) is 4. The Labute approximate surface area is 135 Å². The average Bonchev–Trinajstić information content (AvgIpc) is 3.01. The molecule has 0 bridgehead atoms. The first-order valence-electron chi connectivity index (χ1n) is 8.14. The van der Waals surface area contributed by atoms with Crippen LogP contribution in [0.15, 0.2) is 24.3 Å². The first kappa shape index (κ1) is 15.5. The smallest absolute Gasteiger partial charge is 0.360 e. The third-order valence-corrected chi connectivity index (χ3v) is 4.43. The highest BCUT2D eigenvalue weighted by molar-refractivity contribution is 5.91. The highest BCUT2D eigenvalue weighted by Gasteiger charge is 2.29. The van der Waals surface area contributed by atoms with E-state index in [1.165, 1.54) is 11.2 Å². The second kappa shape index (κ2) is 6.40. The molecule has 0 aliphatic carbocycles. The maximum Gasteiger partial charge on any atom is 0.360 e. The zero-order valence-electron chi connectivity index (χ0n) is 13.6. The van der Waals surface area contributed by atoms with Gasteiger partial charge in [0.15, 0.2) is 5.82 Å². The summed E-state index contributed by atoms with van der Waals surface area (Å²) < 4.78 is 0. The zero-order chi connectivity index (χ0) is 16.4. The van der Waals surface area contributed by atoms with E-state index < -0.39 is 5.97 Å². The van der Waals surface area contributed by atoms with E-state index in [-0.39, 0.29) is 5.69 Å². The van der Waals surface area contributed by atoms with Crippen LogP contribution >= 0.6 is 0 Å². The van der Waals surface area contributed by atoms with Crippen molar-refractivity contribution >= 4 is 11.8 Å². The molecule has 0 unspecified atom stereocenters. The van der Waals surface area contributed by atoms with Gasteiger partial charge >= 0.3 is 5.97 Å².